The van der Waals surface area contributed by atoms with Crippen LogP contribution in [0.3, 0.4) is 0 Å². The fourth-order valence-corrected chi connectivity index (χ4v) is 4.74. The molecule has 0 fully saturated rings. The van der Waals surface area contributed by atoms with Gasteiger partial charge in [-0.1, -0.05) is 40.2 Å². The average molecular weight is 613 g/mol. The number of benzene rings is 3. The summed E-state index contributed by atoms with van der Waals surface area (Å²) >= 11 is 3.47. The number of hydrogen-bond donors (Lipinski definition) is 3. The van der Waals surface area contributed by atoms with Crippen LogP contribution in [0.15, 0.2) is 76.2 Å². The summed E-state index contributed by atoms with van der Waals surface area (Å²) in [6.07, 6.45) is 0.352. The SMILES string of the molecule is COc1cccc(CNNC(=O)[C@@]2(Cc3ccc(Br)cc3)N=C(c3ccc(OCCCO)cc3)O[C@H]2C)c1OC. The molecule has 1 aliphatic rings. The molecule has 0 aliphatic carbocycles. The lowest BCUT2D eigenvalue weighted by molar-refractivity contribution is -0.129. The molecule has 0 aromatic heterocycles. The van der Waals surface area contributed by atoms with Gasteiger partial charge in [-0.2, -0.15) is 0 Å². The molecule has 10 heteroatoms. The number of carbonyl (C=O) groups is 1. The molecular weight excluding hydrogens is 578 g/mol. The molecule has 2 atom stereocenters. The predicted molar refractivity (Wildman–Crippen MR) is 156 cm³/mol. The second kappa shape index (κ2) is 13.6. The van der Waals surface area contributed by atoms with Crippen molar-refractivity contribution in [3.05, 3.63) is 87.9 Å². The quantitative estimate of drug-likeness (QED) is 0.196. The number of methoxy groups -OCH3 is 2. The number of amides is 1. The number of nitrogens with zero attached hydrogens (tertiary/aromatic N) is 1. The summed E-state index contributed by atoms with van der Waals surface area (Å²) in [7, 11) is 3.16. The first kappa shape index (κ1) is 29.4. The molecule has 3 aromatic carbocycles. The first-order valence-electron chi connectivity index (χ1n) is 13.0. The van der Waals surface area contributed by atoms with Crippen molar-refractivity contribution < 1.29 is 28.8 Å². The van der Waals surface area contributed by atoms with E-state index in [1.807, 2.05) is 73.7 Å². The molecular formula is C30H34BrN3O6. The van der Waals surface area contributed by atoms with Crippen molar-refractivity contribution in [3.8, 4) is 17.2 Å². The molecule has 40 heavy (non-hydrogen) atoms. The third-order valence-electron chi connectivity index (χ3n) is 6.68. The molecule has 0 unspecified atom stereocenters. The standard InChI is InChI=1S/C30H34BrN3O6/c1-20-30(18-21-8-12-24(31)13-9-21,29(36)34-32-19-23-6-4-7-26(37-2)27(23)38-3)33-28(40-20)22-10-14-25(15-11-22)39-17-5-16-35/h4,6-15,20,32,35H,5,16-19H2,1-3H3,(H,34,36)/t20-,30-/m0/s1. The maximum Gasteiger partial charge on any atom is 0.266 e. The van der Waals surface area contributed by atoms with Crippen LogP contribution in [-0.4, -0.2) is 56.0 Å². The Labute approximate surface area is 242 Å². The highest BCUT2D eigenvalue weighted by molar-refractivity contribution is 9.10. The topological polar surface area (TPSA) is 111 Å². The Balaban J connectivity index is 1.56. The first-order chi connectivity index (χ1) is 19.4. The number of rotatable bonds is 13. The molecule has 4 rings (SSSR count). The number of aliphatic hydroxyl groups excluding tert-OH is 1. The zero-order valence-corrected chi connectivity index (χ0v) is 24.4. The summed E-state index contributed by atoms with van der Waals surface area (Å²) in [5.41, 5.74) is 7.17. The molecule has 9 nitrogen and oxygen atoms in total. The van der Waals surface area contributed by atoms with E-state index in [1.54, 1.807) is 14.2 Å². The molecule has 3 aromatic rings. The zero-order valence-electron chi connectivity index (χ0n) is 22.8. The minimum Gasteiger partial charge on any atom is -0.494 e. The number of ether oxygens (including phenoxy) is 4. The molecule has 0 saturated carbocycles. The largest absolute Gasteiger partial charge is 0.494 e. The molecule has 1 aliphatic heterocycles. The van der Waals surface area contributed by atoms with Crippen molar-refractivity contribution in [2.24, 2.45) is 4.99 Å². The van der Waals surface area contributed by atoms with Crippen LogP contribution in [0.5, 0.6) is 17.2 Å². The number of hydrazine groups is 1. The number of aliphatic imine (C=N–C) groups is 1. The predicted octanol–water partition coefficient (Wildman–Crippen LogP) is 4.20. The minimum absolute atomic E-state index is 0.0745. The summed E-state index contributed by atoms with van der Waals surface area (Å²) < 4.78 is 23.7. The molecule has 0 bridgehead atoms. The Morgan fingerprint density at radius 2 is 1.82 bits per heavy atom. The number of para-hydroxylation sites is 1. The fraction of sp³-hybridized carbons (Fsp3) is 0.333. The summed E-state index contributed by atoms with van der Waals surface area (Å²) in [5.74, 6) is 1.95. The number of aliphatic hydroxyl groups is 1. The van der Waals surface area contributed by atoms with Crippen LogP contribution in [-0.2, 0) is 22.5 Å². The van der Waals surface area contributed by atoms with Gasteiger partial charge < -0.3 is 24.1 Å². The van der Waals surface area contributed by atoms with Crippen molar-refractivity contribution in [2.45, 2.75) is 38.0 Å². The number of hydrogen-bond acceptors (Lipinski definition) is 8. The van der Waals surface area contributed by atoms with E-state index >= 15 is 0 Å². The van der Waals surface area contributed by atoms with E-state index in [-0.39, 0.29) is 12.5 Å². The molecule has 0 saturated heterocycles. The van der Waals surface area contributed by atoms with E-state index < -0.39 is 11.6 Å². The number of halogens is 1. The zero-order chi connectivity index (χ0) is 28.5. The Kier molecular flexibility index (Phi) is 10.0. The maximum absolute atomic E-state index is 13.8. The van der Waals surface area contributed by atoms with Crippen molar-refractivity contribution >= 4 is 27.7 Å². The van der Waals surface area contributed by atoms with Gasteiger partial charge in [-0.05, 0) is 55.0 Å². The highest BCUT2D eigenvalue weighted by Gasteiger charge is 2.50. The lowest BCUT2D eigenvalue weighted by atomic mass is 9.86. The van der Waals surface area contributed by atoms with Crippen LogP contribution in [0, 0.1) is 0 Å². The van der Waals surface area contributed by atoms with Gasteiger partial charge >= 0.3 is 0 Å². The Hall–Kier alpha value is -3.60. The van der Waals surface area contributed by atoms with Crippen molar-refractivity contribution in [1.82, 2.24) is 10.9 Å². The van der Waals surface area contributed by atoms with Gasteiger partial charge in [0.05, 0.1) is 20.8 Å². The molecule has 1 amide bonds. The van der Waals surface area contributed by atoms with E-state index in [9.17, 15) is 4.79 Å². The van der Waals surface area contributed by atoms with E-state index in [0.29, 0.717) is 49.1 Å². The van der Waals surface area contributed by atoms with Crippen LogP contribution < -0.4 is 25.1 Å². The van der Waals surface area contributed by atoms with E-state index in [4.69, 9.17) is 29.0 Å². The molecule has 0 radical (unpaired) electrons. The van der Waals surface area contributed by atoms with E-state index in [0.717, 1.165) is 21.2 Å². The van der Waals surface area contributed by atoms with Gasteiger partial charge in [0, 0.05) is 41.6 Å². The summed E-state index contributed by atoms with van der Waals surface area (Å²) in [6.45, 7) is 2.66. The van der Waals surface area contributed by atoms with Crippen LogP contribution in [0.2, 0.25) is 0 Å². The van der Waals surface area contributed by atoms with Crippen LogP contribution >= 0.6 is 15.9 Å². The molecule has 1 heterocycles. The normalized spacial score (nSPS) is 18.0. The van der Waals surface area contributed by atoms with Gasteiger partial charge in [0.15, 0.2) is 17.0 Å². The third kappa shape index (κ3) is 6.75. The second-order valence-electron chi connectivity index (χ2n) is 9.31. The van der Waals surface area contributed by atoms with Gasteiger partial charge in [0.2, 0.25) is 5.90 Å². The maximum atomic E-state index is 13.8. The van der Waals surface area contributed by atoms with Gasteiger partial charge in [0.25, 0.3) is 5.91 Å². The van der Waals surface area contributed by atoms with Gasteiger partial charge in [0.1, 0.15) is 11.9 Å². The number of carbonyl (C=O) groups excluding carboxylic acids is 1. The molecule has 212 valence electrons. The Bertz CT molecular complexity index is 1320. The first-order valence-corrected chi connectivity index (χ1v) is 13.8. The lowest BCUT2D eigenvalue weighted by Gasteiger charge is -2.28. The highest BCUT2D eigenvalue weighted by atomic mass is 79.9. The summed E-state index contributed by atoms with van der Waals surface area (Å²) in [4.78, 5) is 18.7. The van der Waals surface area contributed by atoms with Crippen molar-refractivity contribution in [3.63, 3.8) is 0 Å². The van der Waals surface area contributed by atoms with Crippen LogP contribution in [0.25, 0.3) is 0 Å². The second-order valence-corrected chi connectivity index (χ2v) is 10.2. The Morgan fingerprint density at radius 1 is 1.07 bits per heavy atom. The highest BCUT2D eigenvalue weighted by Crippen LogP contribution is 2.34. The average Bonchev–Trinajstić information content (AvgIpc) is 3.31. The smallest absolute Gasteiger partial charge is 0.266 e. The van der Waals surface area contributed by atoms with Crippen LogP contribution in [0.1, 0.15) is 30.0 Å². The van der Waals surface area contributed by atoms with E-state index in [2.05, 4.69) is 26.8 Å². The third-order valence-corrected chi connectivity index (χ3v) is 7.21. The Morgan fingerprint density at radius 3 is 2.50 bits per heavy atom. The van der Waals surface area contributed by atoms with E-state index in [1.165, 1.54) is 0 Å². The number of nitrogens with one attached hydrogen (secondary N) is 2. The van der Waals surface area contributed by atoms with Gasteiger partial charge in [-0.25, -0.2) is 10.4 Å². The summed E-state index contributed by atoms with van der Waals surface area (Å²) in [5, 5.41) is 8.96. The van der Waals surface area contributed by atoms with Crippen molar-refractivity contribution in [2.75, 3.05) is 27.4 Å². The minimum atomic E-state index is -1.22. The molecule has 3 N–H and O–H groups in total. The summed E-state index contributed by atoms with van der Waals surface area (Å²) in [6, 6.07) is 20.7. The van der Waals surface area contributed by atoms with Gasteiger partial charge in [-0.15, -0.1) is 0 Å². The van der Waals surface area contributed by atoms with Crippen LogP contribution in [0.4, 0.5) is 0 Å². The molecule has 0 spiro atoms. The van der Waals surface area contributed by atoms with Gasteiger partial charge in [-0.3, -0.25) is 10.2 Å². The lowest BCUT2D eigenvalue weighted by Crippen LogP contribution is -2.55. The monoisotopic (exact) mass is 611 g/mol. The fourth-order valence-electron chi connectivity index (χ4n) is 4.48. The van der Waals surface area contributed by atoms with Crippen molar-refractivity contribution in [1.29, 1.82) is 0 Å².